The third-order valence-electron chi connectivity index (χ3n) is 10.1. The highest BCUT2D eigenvalue weighted by Crippen LogP contribution is 2.44. The molecule has 0 radical (unpaired) electrons. The minimum Gasteiger partial charge on any atom is -0.481 e. The number of nitrogens with zero attached hydrogens (tertiary/aromatic N) is 5. The molecule has 0 saturated carbocycles. The molecule has 2 fully saturated rings. The van der Waals surface area contributed by atoms with Crippen LogP contribution in [0.25, 0.3) is 33.3 Å². The maximum Gasteiger partial charge on any atom is 0.220 e. The Morgan fingerprint density at radius 1 is 1.02 bits per heavy atom. The molecule has 6 heterocycles. The highest BCUT2D eigenvalue weighted by molar-refractivity contribution is 6.36. The summed E-state index contributed by atoms with van der Waals surface area (Å²) in [6, 6.07) is 20.8. The van der Waals surface area contributed by atoms with E-state index in [4.69, 9.17) is 31.3 Å². The van der Waals surface area contributed by atoms with Crippen molar-refractivity contribution in [1.29, 1.82) is 0 Å². The second kappa shape index (κ2) is 14.0. The lowest BCUT2D eigenvalue weighted by Gasteiger charge is -2.21. The smallest absolute Gasteiger partial charge is 0.220 e. The minimum absolute atomic E-state index is 0.113. The summed E-state index contributed by atoms with van der Waals surface area (Å²) in [5, 5.41) is 18.1. The largest absolute Gasteiger partial charge is 0.481 e. The molecule has 256 valence electrons. The Morgan fingerprint density at radius 3 is 2.70 bits per heavy atom. The number of amides is 1. The van der Waals surface area contributed by atoms with Crippen molar-refractivity contribution in [3.05, 3.63) is 94.8 Å². The number of fused-ring (bicyclic) bond motifs is 2. The number of nitrogens with one attached hydrogen (secondary N) is 2. The van der Waals surface area contributed by atoms with Gasteiger partial charge in [-0.15, -0.1) is 0 Å². The van der Waals surface area contributed by atoms with Crippen LogP contribution in [0.4, 0.5) is 11.5 Å². The summed E-state index contributed by atoms with van der Waals surface area (Å²) >= 11 is 7.22. The molecule has 3 N–H and O–H groups in total. The Balaban J connectivity index is 1.05. The summed E-state index contributed by atoms with van der Waals surface area (Å²) in [4.78, 5) is 30.7. The number of ether oxygens (including phenoxy) is 1. The monoisotopic (exact) mass is 689 g/mol. The Hall–Kier alpha value is -4.61. The van der Waals surface area contributed by atoms with Crippen LogP contribution in [0.1, 0.15) is 36.0 Å². The number of halogens is 1. The molecule has 0 spiro atoms. The first kappa shape index (κ1) is 32.6. The highest BCUT2D eigenvalue weighted by Gasteiger charge is 2.28. The van der Waals surface area contributed by atoms with E-state index in [1.807, 2.05) is 42.7 Å². The van der Waals surface area contributed by atoms with Gasteiger partial charge in [0.15, 0.2) is 5.82 Å². The number of aliphatic hydroxyl groups excluding tert-OH is 1. The van der Waals surface area contributed by atoms with Crippen LogP contribution in [-0.2, 0) is 24.3 Å². The number of β-amino-alcohol motifs (C(OH)–C–C–N with tert-alkyl or cyclic N) is 1. The summed E-state index contributed by atoms with van der Waals surface area (Å²) in [6.45, 7) is 4.45. The molecular weight excluding hydrogens is 650 g/mol. The number of benzene rings is 2. The fraction of sp³-hybridized carbons (Fsp3) is 0.333. The predicted octanol–water partition coefficient (Wildman–Crippen LogP) is 5.65. The van der Waals surface area contributed by atoms with Crippen LogP contribution in [0.15, 0.2) is 73.1 Å². The summed E-state index contributed by atoms with van der Waals surface area (Å²) in [6.07, 6.45) is 6.67. The first-order chi connectivity index (χ1) is 24.4. The molecule has 0 bridgehead atoms. The Kier molecular flexibility index (Phi) is 9.09. The normalized spacial score (nSPS) is 18.9. The van der Waals surface area contributed by atoms with Gasteiger partial charge in [-0.25, -0.2) is 9.97 Å². The third kappa shape index (κ3) is 6.40. The van der Waals surface area contributed by atoms with Gasteiger partial charge in [-0.05, 0) is 60.2 Å². The number of rotatable bonds is 10. The molecular formula is C39H40ClN7O3. The fourth-order valence-corrected chi connectivity index (χ4v) is 7.90. The number of aromatic nitrogens is 3. The average Bonchev–Trinajstić information content (AvgIpc) is 3.87. The summed E-state index contributed by atoms with van der Waals surface area (Å²) in [5.74, 6) is 1.50. The number of likely N-dealkylation sites (tertiary alicyclic amines) is 1. The van der Waals surface area contributed by atoms with E-state index in [1.165, 1.54) is 5.56 Å². The Bertz CT molecular complexity index is 2070. The number of pyridine rings is 3. The van der Waals surface area contributed by atoms with Crippen molar-refractivity contribution in [3.63, 3.8) is 0 Å². The summed E-state index contributed by atoms with van der Waals surface area (Å²) in [5.41, 5.74) is 8.89. The van der Waals surface area contributed by atoms with Crippen LogP contribution in [0.2, 0.25) is 5.02 Å². The number of carbonyl (C=O) groups excluding carboxylic acids is 1. The third-order valence-corrected chi connectivity index (χ3v) is 10.5. The van der Waals surface area contributed by atoms with E-state index in [-0.39, 0.29) is 18.1 Å². The number of hydrogen-bond acceptors (Lipinski definition) is 9. The summed E-state index contributed by atoms with van der Waals surface area (Å²) < 4.78 is 5.69. The van der Waals surface area contributed by atoms with Crippen molar-refractivity contribution in [1.82, 2.24) is 30.5 Å². The second-order valence-electron chi connectivity index (χ2n) is 13.4. The molecule has 2 aromatic carbocycles. The van der Waals surface area contributed by atoms with Crippen LogP contribution in [0, 0.1) is 0 Å². The lowest BCUT2D eigenvalue weighted by molar-refractivity contribution is -0.119. The molecule has 5 aromatic rings. The molecule has 10 nitrogen and oxygen atoms in total. The van der Waals surface area contributed by atoms with Gasteiger partial charge in [-0.2, -0.15) is 0 Å². The molecule has 0 aliphatic carbocycles. The zero-order chi connectivity index (χ0) is 34.2. The summed E-state index contributed by atoms with van der Waals surface area (Å²) in [7, 11) is 1.63. The first-order valence-corrected chi connectivity index (χ1v) is 17.7. The van der Waals surface area contributed by atoms with Gasteiger partial charge in [0, 0.05) is 91.9 Å². The predicted molar refractivity (Wildman–Crippen MR) is 196 cm³/mol. The van der Waals surface area contributed by atoms with Crippen molar-refractivity contribution in [2.45, 2.75) is 50.9 Å². The molecule has 11 heteroatoms. The average molecular weight is 690 g/mol. The van der Waals surface area contributed by atoms with Gasteiger partial charge in [0.25, 0.3) is 0 Å². The second-order valence-corrected chi connectivity index (χ2v) is 13.8. The van der Waals surface area contributed by atoms with Crippen molar-refractivity contribution in [3.8, 4) is 28.3 Å². The van der Waals surface area contributed by atoms with E-state index in [1.54, 1.807) is 7.11 Å². The van der Waals surface area contributed by atoms with Crippen LogP contribution in [0.5, 0.6) is 5.88 Å². The van der Waals surface area contributed by atoms with Crippen molar-refractivity contribution in [2.75, 3.05) is 38.2 Å². The Morgan fingerprint density at radius 2 is 1.88 bits per heavy atom. The SMILES string of the molecule is COc1nc(-c2cccc(-c3cccc4c3CCN4c3nccc4cc(CN5CC[C@@H](O)C5)cnc34)c2Cl)ccc1CNC[C@@H]1CCC(=O)N1. The van der Waals surface area contributed by atoms with Gasteiger partial charge in [0.05, 0.1) is 23.9 Å². The van der Waals surface area contributed by atoms with Gasteiger partial charge >= 0.3 is 0 Å². The Labute approximate surface area is 296 Å². The maximum atomic E-state index is 11.5. The van der Waals surface area contributed by atoms with Gasteiger partial charge in [-0.3, -0.25) is 14.7 Å². The first-order valence-electron chi connectivity index (χ1n) is 17.3. The van der Waals surface area contributed by atoms with E-state index >= 15 is 0 Å². The van der Waals surface area contributed by atoms with E-state index in [0.717, 1.165) is 94.8 Å². The maximum absolute atomic E-state index is 11.5. The van der Waals surface area contributed by atoms with E-state index in [2.05, 4.69) is 50.8 Å². The molecule has 3 aliphatic heterocycles. The topological polar surface area (TPSA) is 116 Å². The zero-order valence-electron chi connectivity index (χ0n) is 28.0. The van der Waals surface area contributed by atoms with Gasteiger partial charge < -0.3 is 25.4 Å². The molecule has 3 aromatic heterocycles. The number of methoxy groups -OCH3 is 1. The molecule has 3 aliphatic rings. The molecule has 2 atom stereocenters. The van der Waals surface area contributed by atoms with Crippen LogP contribution < -0.4 is 20.3 Å². The van der Waals surface area contributed by atoms with Crippen molar-refractivity contribution < 1.29 is 14.6 Å². The van der Waals surface area contributed by atoms with E-state index < -0.39 is 0 Å². The zero-order valence-corrected chi connectivity index (χ0v) is 28.8. The number of anilines is 2. The quantitative estimate of drug-likeness (QED) is 0.171. The molecule has 0 unspecified atom stereocenters. The lowest BCUT2D eigenvalue weighted by Crippen LogP contribution is -2.35. The molecule has 1 amide bonds. The number of hydrogen-bond donors (Lipinski definition) is 3. The lowest BCUT2D eigenvalue weighted by atomic mass is 9.95. The van der Waals surface area contributed by atoms with Crippen LogP contribution in [-0.4, -0.2) is 76.3 Å². The van der Waals surface area contributed by atoms with E-state index in [0.29, 0.717) is 37.0 Å². The number of aliphatic hydroxyl groups is 1. The van der Waals surface area contributed by atoms with Crippen LogP contribution in [0.3, 0.4) is 0 Å². The standard InChI is InChI=1S/C39H40ClN7O3/c1-50-39-26(20-41-21-27-9-11-35(49)44-27)8-10-33(45-39)32-6-2-5-31(36(32)40)29-4-3-7-34-30(29)14-17-47(34)38-37-25(12-15-42-38)18-24(19-43-37)22-46-16-13-28(48)23-46/h2-8,10,12,15,18-19,27-28,41,48H,9,11,13-14,16-17,20-23H2,1H3,(H,44,49)/t27-,28+/m0/s1. The van der Waals surface area contributed by atoms with Gasteiger partial charge in [0.2, 0.25) is 11.8 Å². The van der Waals surface area contributed by atoms with Crippen molar-refractivity contribution >= 4 is 39.9 Å². The highest BCUT2D eigenvalue weighted by atomic mass is 35.5. The van der Waals surface area contributed by atoms with Gasteiger partial charge in [-0.1, -0.05) is 48.0 Å². The van der Waals surface area contributed by atoms with Crippen molar-refractivity contribution in [2.24, 2.45) is 0 Å². The molecule has 8 rings (SSSR count). The molecule has 50 heavy (non-hydrogen) atoms. The van der Waals surface area contributed by atoms with E-state index in [9.17, 15) is 9.90 Å². The van der Waals surface area contributed by atoms with Gasteiger partial charge in [0.1, 0.15) is 5.52 Å². The minimum atomic E-state index is -0.240. The van der Waals surface area contributed by atoms with Crippen LogP contribution >= 0.6 is 11.6 Å². The molecule has 2 saturated heterocycles. The number of carbonyl (C=O) groups is 1. The fourth-order valence-electron chi connectivity index (χ4n) is 7.58.